The molecular weight excluding hydrogens is 470 g/mol. The highest BCUT2D eigenvalue weighted by Gasteiger charge is 2.33. The molecule has 2 aromatic rings. The van der Waals surface area contributed by atoms with E-state index in [4.69, 9.17) is 21.1 Å². The van der Waals surface area contributed by atoms with Gasteiger partial charge < -0.3 is 19.7 Å². The van der Waals surface area contributed by atoms with Crippen LogP contribution in [0.3, 0.4) is 0 Å². The van der Waals surface area contributed by atoms with Crippen molar-refractivity contribution in [2.24, 2.45) is 0 Å². The number of methoxy groups -OCH3 is 2. The number of esters is 1. The molecule has 35 heavy (non-hydrogen) atoms. The average molecular weight is 500 g/mol. The van der Waals surface area contributed by atoms with Gasteiger partial charge in [0.2, 0.25) is 11.8 Å². The van der Waals surface area contributed by atoms with Crippen LogP contribution in [0.1, 0.15) is 24.1 Å². The second kappa shape index (κ2) is 12.4. The molecule has 1 N–H and O–H groups in total. The minimum atomic E-state index is -0.678. The van der Waals surface area contributed by atoms with Gasteiger partial charge in [0.1, 0.15) is 17.8 Å². The fourth-order valence-electron chi connectivity index (χ4n) is 3.94. The highest BCUT2D eigenvalue weighted by atomic mass is 35.5. The summed E-state index contributed by atoms with van der Waals surface area (Å²) in [6.45, 7) is 3.51. The quantitative estimate of drug-likeness (QED) is 0.444. The summed E-state index contributed by atoms with van der Waals surface area (Å²) >= 11 is 5.98. The van der Waals surface area contributed by atoms with Crippen LogP contribution >= 0.6 is 11.6 Å². The van der Waals surface area contributed by atoms with Crippen LogP contribution in [0.25, 0.3) is 6.08 Å². The maximum Gasteiger partial charge on any atom is 0.327 e. The maximum absolute atomic E-state index is 12.9. The lowest BCUT2D eigenvalue weighted by molar-refractivity contribution is -0.149. The van der Waals surface area contributed by atoms with Gasteiger partial charge in [-0.15, -0.1) is 0 Å². The zero-order valence-corrected chi connectivity index (χ0v) is 20.8. The van der Waals surface area contributed by atoms with E-state index in [1.807, 2.05) is 17.0 Å². The number of carbonyl (C=O) groups is 3. The molecule has 1 aliphatic rings. The molecule has 0 aliphatic carbocycles. The number of rotatable bonds is 8. The number of hydrogen-bond donors (Lipinski definition) is 1. The fourth-order valence-corrected chi connectivity index (χ4v) is 4.06. The molecule has 0 bridgehead atoms. The van der Waals surface area contributed by atoms with Gasteiger partial charge in [-0.3, -0.25) is 14.5 Å². The Labute approximate surface area is 210 Å². The van der Waals surface area contributed by atoms with Crippen molar-refractivity contribution in [3.05, 3.63) is 70.8 Å². The maximum atomic E-state index is 12.9. The first-order valence-electron chi connectivity index (χ1n) is 11.3. The number of amides is 2. The van der Waals surface area contributed by atoms with Crippen LogP contribution in [0, 0.1) is 0 Å². The van der Waals surface area contributed by atoms with Crippen LogP contribution in [-0.4, -0.2) is 74.0 Å². The predicted octanol–water partition coefficient (Wildman–Crippen LogP) is 2.93. The molecule has 2 atom stereocenters. The summed E-state index contributed by atoms with van der Waals surface area (Å²) in [7, 11) is 2.95. The van der Waals surface area contributed by atoms with Gasteiger partial charge in [-0.2, -0.15) is 0 Å². The predicted molar refractivity (Wildman–Crippen MR) is 134 cm³/mol. The number of carbonyl (C=O) groups excluding carboxylic acids is 3. The third-order valence-corrected chi connectivity index (χ3v) is 6.13. The third kappa shape index (κ3) is 7.07. The Morgan fingerprint density at radius 3 is 2.17 bits per heavy atom. The van der Waals surface area contributed by atoms with E-state index in [-0.39, 0.29) is 17.8 Å². The van der Waals surface area contributed by atoms with E-state index in [9.17, 15) is 14.4 Å². The average Bonchev–Trinajstić information content (AvgIpc) is 2.88. The summed E-state index contributed by atoms with van der Waals surface area (Å²) < 4.78 is 10.1. The Kier molecular flexibility index (Phi) is 9.28. The first-order valence-corrected chi connectivity index (χ1v) is 11.7. The van der Waals surface area contributed by atoms with Gasteiger partial charge in [-0.1, -0.05) is 35.9 Å². The Morgan fingerprint density at radius 1 is 0.971 bits per heavy atom. The van der Waals surface area contributed by atoms with Crippen molar-refractivity contribution in [2.45, 2.75) is 19.0 Å². The van der Waals surface area contributed by atoms with Crippen molar-refractivity contribution in [1.82, 2.24) is 15.1 Å². The SMILES string of the molecule is COC(=O)C(c1ccc(Cl)cc1)N1CCN(C(=O)C(C)NC(=O)/C=C/c2ccc(OC)cc2)CC1. The summed E-state index contributed by atoms with van der Waals surface area (Å²) in [6.07, 6.45) is 3.07. The molecule has 0 radical (unpaired) electrons. The molecule has 1 saturated heterocycles. The molecule has 186 valence electrons. The van der Waals surface area contributed by atoms with Crippen LogP contribution < -0.4 is 10.1 Å². The normalized spacial score (nSPS) is 15.9. The molecule has 2 unspecified atom stereocenters. The number of nitrogens with zero attached hydrogens (tertiary/aromatic N) is 2. The Hall–Kier alpha value is -3.36. The summed E-state index contributed by atoms with van der Waals surface area (Å²) in [6, 6.07) is 13.1. The van der Waals surface area contributed by atoms with Crippen molar-refractivity contribution >= 4 is 35.5 Å². The van der Waals surface area contributed by atoms with Gasteiger partial charge in [-0.25, -0.2) is 4.79 Å². The molecule has 1 aliphatic heterocycles. The van der Waals surface area contributed by atoms with Crippen molar-refractivity contribution in [2.75, 3.05) is 40.4 Å². The molecule has 0 spiro atoms. The van der Waals surface area contributed by atoms with E-state index in [2.05, 4.69) is 5.32 Å². The Morgan fingerprint density at radius 2 is 1.60 bits per heavy atom. The molecule has 2 aromatic carbocycles. The van der Waals surface area contributed by atoms with Gasteiger partial charge in [0.05, 0.1) is 14.2 Å². The zero-order chi connectivity index (χ0) is 25.4. The fraction of sp³-hybridized carbons (Fsp3) is 0.346. The lowest BCUT2D eigenvalue weighted by atomic mass is 10.0. The smallest absolute Gasteiger partial charge is 0.327 e. The van der Waals surface area contributed by atoms with Gasteiger partial charge in [0, 0.05) is 37.3 Å². The van der Waals surface area contributed by atoms with Crippen LogP contribution in [0.2, 0.25) is 5.02 Å². The van der Waals surface area contributed by atoms with Crippen LogP contribution in [0.15, 0.2) is 54.6 Å². The van der Waals surface area contributed by atoms with Crippen LogP contribution in [0.5, 0.6) is 5.75 Å². The highest BCUT2D eigenvalue weighted by molar-refractivity contribution is 6.30. The summed E-state index contributed by atoms with van der Waals surface area (Å²) in [5, 5.41) is 3.31. The second-order valence-corrected chi connectivity index (χ2v) is 8.61. The Bertz CT molecular complexity index is 1050. The summed E-state index contributed by atoms with van der Waals surface area (Å²) in [4.78, 5) is 41.4. The summed E-state index contributed by atoms with van der Waals surface area (Å²) in [5.74, 6) is -0.154. The number of piperazine rings is 1. The number of nitrogens with one attached hydrogen (secondary N) is 1. The number of hydrogen-bond acceptors (Lipinski definition) is 6. The largest absolute Gasteiger partial charge is 0.497 e. The van der Waals surface area contributed by atoms with E-state index in [0.717, 1.165) is 16.9 Å². The zero-order valence-electron chi connectivity index (χ0n) is 20.1. The van der Waals surface area contributed by atoms with Gasteiger partial charge in [-0.05, 0) is 48.4 Å². The topological polar surface area (TPSA) is 88.2 Å². The first-order chi connectivity index (χ1) is 16.8. The summed E-state index contributed by atoms with van der Waals surface area (Å²) in [5.41, 5.74) is 1.63. The molecule has 2 amide bonds. The molecule has 8 nitrogen and oxygen atoms in total. The lowest BCUT2D eigenvalue weighted by Gasteiger charge is -2.39. The van der Waals surface area contributed by atoms with Crippen LogP contribution in [-0.2, 0) is 19.1 Å². The second-order valence-electron chi connectivity index (χ2n) is 8.18. The monoisotopic (exact) mass is 499 g/mol. The minimum absolute atomic E-state index is 0.169. The van der Waals surface area contributed by atoms with Crippen molar-refractivity contribution in [3.8, 4) is 5.75 Å². The van der Waals surface area contributed by atoms with E-state index < -0.39 is 12.1 Å². The molecule has 3 rings (SSSR count). The number of halogens is 1. The van der Waals surface area contributed by atoms with Crippen LogP contribution in [0.4, 0.5) is 0 Å². The number of benzene rings is 2. The van der Waals surface area contributed by atoms with E-state index in [0.29, 0.717) is 31.2 Å². The Balaban J connectivity index is 1.54. The van der Waals surface area contributed by atoms with Gasteiger partial charge in [0.25, 0.3) is 0 Å². The van der Waals surface area contributed by atoms with E-state index in [1.54, 1.807) is 61.4 Å². The molecule has 0 aromatic heterocycles. The molecule has 1 heterocycles. The van der Waals surface area contributed by atoms with E-state index >= 15 is 0 Å². The van der Waals surface area contributed by atoms with E-state index in [1.165, 1.54) is 13.2 Å². The highest BCUT2D eigenvalue weighted by Crippen LogP contribution is 2.25. The third-order valence-electron chi connectivity index (χ3n) is 5.87. The number of ether oxygens (including phenoxy) is 2. The molecular formula is C26H30ClN3O5. The standard InChI is InChI=1S/C26H30ClN3O5/c1-18(28-23(31)13-6-19-4-11-22(34-2)12-5-19)25(32)30-16-14-29(15-17-30)24(26(33)35-3)20-7-9-21(27)10-8-20/h4-13,18,24H,14-17H2,1-3H3,(H,28,31)/b13-6+. The first kappa shape index (κ1) is 26.2. The van der Waals surface area contributed by atoms with Crippen molar-refractivity contribution in [1.29, 1.82) is 0 Å². The van der Waals surface area contributed by atoms with Gasteiger partial charge >= 0.3 is 5.97 Å². The van der Waals surface area contributed by atoms with Gasteiger partial charge in [0.15, 0.2) is 0 Å². The van der Waals surface area contributed by atoms with Crippen molar-refractivity contribution < 1.29 is 23.9 Å². The lowest BCUT2D eigenvalue weighted by Crippen LogP contribution is -2.55. The van der Waals surface area contributed by atoms with Crippen molar-refractivity contribution in [3.63, 3.8) is 0 Å². The minimum Gasteiger partial charge on any atom is -0.497 e. The molecule has 9 heteroatoms. The molecule has 1 fully saturated rings. The molecule has 0 saturated carbocycles.